The van der Waals surface area contributed by atoms with Gasteiger partial charge in [0.25, 0.3) is 0 Å². The highest BCUT2D eigenvalue weighted by molar-refractivity contribution is 5.76. The third-order valence-corrected chi connectivity index (χ3v) is 4.82. The summed E-state index contributed by atoms with van der Waals surface area (Å²) in [5.74, 6) is 1.12. The van der Waals surface area contributed by atoms with Crippen LogP contribution in [0.2, 0.25) is 0 Å². The highest BCUT2D eigenvalue weighted by atomic mass is 16.5. The van der Waals surface area contributed by atoms with E-state index in [-0.39, 0.29) is 24.4 Å². The summed E-state index contributed by atoms with van der Waals surface area (Å²) >= 11 is 0. The Morgan fingerprint density at radius 2 is 1.60 bits per heavy atom. The molecule has 0 N–H and O–H groups in total. The molecule has 0 aliphatic rings. The molecule has 0 saturated carbocycles. The Labute approximate surface area is 179 Å². The van der Waals surface area contributed by atoms with Gasteiger partial charge in [-0.05, 0) is 48.2 Å². The summed E-state index contributed by atoms with van der Waals surface area (Å²) in [6, 6.07) is 25.4. The molecule has 0 fully saturated rings. The van der Waals surface area contributed by atoms with Gasteiger partial charge < -0.3 is 9.47 Å². The van der Waals surface area contributed by atoms with E-state index < -0.39 is 0 Å². The van der Waals surface area contributed by atoms with Gasteiger partial charge in [-0.1, -0.05) is 86.2 Å². The molecule has 0 spiro atoms. The number of benzene rings is 3. The summed E-state index contributed by atoms with van der Waals surface area (Å²) in [5.41, 5.74) is 3.18. The van der Waals surface area contributed by atoms with E-state index in [1.807, 2.05) is 92.7 Å². The zero-order valence-electron chi connectivity index (χ0n) is 17.7. The van der Waals surface area contributed by atoms with Crippen LogP contribution < -0.4 is 4.74 Å². The van der Waals surface area contributed by atoms with Crippen molar-refractivity contribution in [3.63, 3.8) is 0 Å². The van der Waals surface area contributed by atoms with Crippen molar-refractivity contribution in [2.24, 2.45) is 11.8 Å². The summed E-state index contributed by atoms with van der Waals surface area (Å²) in [6.07, 6.45) is 3.92. The van der Waals surface area contributed by atoms with Crippen molar-refractivity contribution in [3.8, 4) is 11.5 Å². The van der Waals surface area contributed by atoms with Crippen molar-refractivity contribution >= 4 is 12.0 Å². The first-order valence-corrected chi connectivity index (χ1v) is 10.2. The maximum Gasteiger partial charge on any atom is 0.313 e. The minimum absolute atomic E-state index is 0.145. The van der Waals surface area contributed by atoms with Gasteiger partial charge in [-0.25, -0.2) is 0 Å². The number of hydrogen-bond donors (Lipinski definition) is 0. The topological polar surface area (TPSA) is 35.5 Å². The summed E-state index contributed by atoms with van der Waals surface area (Å²) in [7, 11) is 0. The number of carbonyl (C=O) groups is 1. The van der Waals surface area contributed by atoms with E-state index in [4.69, 9.17) is 9.47 Å². The Morgan fingerprint density at radius 3 is 2.30 bits per heavy atom. The maximum atomic E-state index is 12.7. The highest BCUT2D eigenvalue weighted by Gasteiger charge is 2.21. The standard InChI is InChI=1S/C27H28O3/c1-20(2)26(17-16-22-14-12-21(3)13-15-22)27(28)29-19-23-8-7-11-25(18-23)30-24-9-5-4-6-10-24/h4-18,20,26H,19H2,1-3H3/b17-16+. The number of carbonyl (C=O) groups excluding carboxylic acids is 1. The van der Waals surface area contributed by atoms with Gasteiger partial charge in [-0.2, -0.15) is 0 Å². The molecule has 154 valence electrons. The summed E-state index contributed by atoms with van der Waals surface area (Å²) < 4.78 is 11.5. The lowest BCUT2D eigenvalue weighted by Crippen LogP contribution is -2.20. The zero-order valence-corrected chi connectivity index (χ0v) is 17.7. The molecule has 1 unspecified atom stereocenters. The molecule has 0 amide bonds. The molecule has 30 heavy (non-hydrogen) atoms. The van der Waals surface area contributed by atoms with Crippen molar-refractivity contribution in [1.82, 2.24) is 0 Å². The highest BCUT2D eigenvalue weighted by Crippen LogP contribution is 2.23. The molecular formula is C27H28O3. The lowest BCUT2D eigenvalue weighted by atomic mass is 9.94. The Balaban J connectivity index is 1.61. The van der Waals surface area contributed by atoms with Crippen LogP contribution in [0, 0.1) is 18.8 Å². The van der Waals surface area contributed by atoms with Crippen LogP contribution in [0.15, 0.2) is 84.9 Å². The summed E-state index contributed by atoms with van der Waals surface area (Å²) in [4.78, 5) is 12.7. The normalized spacial score (nSPS) is 12.1. The third kappa shape index (κ3) is 6.35. The Morgan fingerprint density at radius 1 is 0.900 bits per heavy atom. The molecule has 3 heteroatoms. The Kier molecular flexibility index (Phi) is 7.45. The van der Waals surface area contributed by atoms with E-state index in [1.165, 1.54) is 5.56 Å². The Hall–Kier alpha value is -3.33. The third-order valence-electron chi connectivity index (χ3n) is 4.82. The zero-order chi connectivity index (χ0) is 21.3. The lowest BCUT2D eigenvalue weighted by Gasteiger charge is -2.16. The van der Waals surface area contributed by atoms with Crippen LogP contribution in [0.4, 0.5) is 0 Å². The van der Waals surface area contributed by atoms with Crippen LogP contribution in [-0.2, 0) is 16.1 Å². The molecule has 0 heterocycles. The van der Waals surface area contributed by atoms with Gasteiger partial charge in [0, 0.05) is 0 Å². The minimum atomic E-state index is -0.296. The lowest BCUT2D eigenvalue weighted by molar-refractivity contribution is -0.149. The van der Waals surface area contributed by atoms with Crippen LogP contribution in [0.3, 0.4) is 0 Å². The quantitative estimate of drug-likeness (QED) is 0.389. The SMILES string of the molecule is Cc1ccc(/C=C/C(C(=O)OCc2cccc(Oc3ccccc3)c2)C(C)C)cc1. The second-order valence-corrected chi connectivity index (χ2v) is 7.71. The molecule has 0 bridgehead atoms. The first kappa shape index (κ1) is 21.4. The molecular weight excluding hydrogens is 372 g/mol. The largest absolute Gasteiger partial charge is 0.460 e. The molecule has 3 nitrogen and oxygen atoms in total. The van der Waals surface area contributed by atoms with Crippen LogP contribution in [0.25, 0.3) is 6.08 Å². The average molecular weight is 401 g/mol. The number of rotatable bonds is 8. The second-order valence-electron chi connectivity index (χ2n) is 7.71. The summed E-state index contributed by atoms with van der Waals surface area (Å²) in [5, 5.41) is 0. The first-order chi connectivity index (χ1) is 14.5. The van der Waals surface area contributed by atoms with Crippen molar-refractivity contribution in [3.05, 3.63) is 102 Å². The van der Waals surface area contributed by atoms with Gasteiger partial charge >= 0.3 is 5.97 Å². The molecule has 3 aromatic carbocycles. The molecule has 1 atom stereocenters. The molecule has 0 radical (unpaired) electrons. The van der Waals surface area contributed by atoms with Gasteiger partial charge in [-0.15, -0.1) is 0 Å². The first-order valence-electron chi connectivity index (χ1n) is 10.2. The smallest absolute Gasteiger partial charge is 0.313 e. The number of hydrogen-bond acceptors (Lipinski definition) is 3. The summed E-state index contributed by atoms with van der Waals surface area (Å²) in [6.45, 7) is 6.33. The monoisotopic (exact) mass is 400 g/mol. The minimum Gasteiger partial charge on any atom is -0.460 e. The van der Waals surface area contributed by atoms with Gasteiger partial charge in [0.15, 0.2) is 0 Å². The van der Waals surface area contributed by atoms with E-state index in [0.29, 0.717) is 0 Å². The van der Waals surface area contributed by atoms with Gasteiger partial charge in [0.1, 0.15) is 18.1 Å². The van der Waals surface area contributed by atoms with Crippen molar-refractivity contribution in [2.45, 2.75) is 27.4 Å². The second kappa shape index (κ2) is 10.4. The molecule has 3 aromatic rings. The van der Waals surface area contributed by atoms with Gasteiger partial charge in [-0.3, -0.25) is 4.79 Å². The predicted octanol–water partition coefficient (Wildman–Crippen LogP) is 6.82. The van der Waals surface area contributed by atoms with Gasteiger partial charge in [0.2, 0.25) is 0 Å². The van der Waals surface area contributed by atoms with Gasteiger partial charge in [0.05, 0.1) is 5.92 Å². The molecule has 0 aromatic heterocycles. The molecule has 0 aliphatic carbocycles. The van der Waals surface area contributed by atoms with Crippen molar-refractivity contribution in [1.29, 1.82) is 0 Å². The Bertz CT molecular complexity index is 973. The molecule has 0 saturated heterocycles. The van der Waals surface area contributed by atoms with Crippen LogP contribution >= 0.6 is 0 Å². The average Bonchev–Trinajstić information content (AvgIpc) is 2.74. The van der Waals surface area contributed by atoms with Crippen LogP contribution in [0.5, 0.6) is 11.5 Å². The van der Waals surface area contributed by atoms with Crippen LogP contribution in [0.1, 0.15) is 30.5 Å². The molecule has 3 rings (SSSR count). The fourth-order valence-electron chi connectivity index (χ4n) is 3.04. The van der Waals surface area contributed by atoms with Crippen molar-refractivity contribution < 1.29 is 14.3 Å². The fraction of sp³-hybridized carbons (Fsp3) is 0.222. The number of esters is 1. The number of ether oxygens (including phenoxy) is 2. The fourth-order valence-corrected chi connectivity index (χ4v) is 3.04. The van der Waals surface area contributed by atoms with E-state index in [2.05, 4.69) is 19.1 Å². The van der Waals surface area contributed by atoms with Crippen molar-refractivity contribution in [2.75, 3.05) is 0 Å². The maximum absolute atomic E-state index is 12.7. The van der Waals surface area contributed by atoms with Crippen LogP contribution in [-0.4, -0.2) is 5.97 Å². The van der Waals surface area contributed by atoms with E-state index in [0.717, 1.165) is 22.6 Å². The molecule has 0 aliphatic heterocycles. The van der Waals surface area contributed by atoms with E-state index >= 15 is 0 Å². The van der Waals surface area contributed by atoms with E-state index in [1.54, 1.807) is 0 Å². The predicted molar refractivity (Wildman–Crippen MR) is 121 cm³/mol. The van der Waals surface area contributed by atoms with E-state index in [9.17, 15) is 4.79 Å². The number of aryl methyl sites for hydroxylation is 1. The number of para-hydroxylation sites is 1.